The average molecular weight is 338 g/mol. The van der Waals surface area contributed by atoms with E-state index in [9.17, 15) is 4.79 Å². The van der Waals surface area contributed by atoms with Crippen molar-refractivity contribution in [1.82, 2.24) is 4.98 Å². The van der Waals surface area contributed by atoms with Gasteiger partial charge in [-0.3, -0.25) is 10.2 Å². The van der Waals surface area contributed by atoms with Crippen molar-refractivity contribution in [3.05, 3.63) is 34.0 Å². The molecular weight excluding hydrogens is 316 g/mol. The van der Waals surface area contributed by atoms with Gasteiger partial charge in [-0.2, -0.15) is 0 Å². The van der Waals surface area contributed by atoms with Gasteiger partial charge in [0, 0.05) is 31.4 Å². The number of aromatic nitrogens is 1. The number of nitrogens with one attached hydrogen (secondary N) is 1. The summed E-state index contributed by atoms with van der Waals surface area (Å²) in [5, 5.41) is 9.87. The molecule has 1 rings (SSSR count). The number of thiazole rings is 1. The number of nitrogens with zero attached hydrogens (tertiary/aromatic N) is 1. The van der Waals surface area contributed by atoms with Gasteiger partial charge in [0.1, 0.15) is 5.76 Å². The van der Waals surface area contributed by atoms with Crippen LogP contribution in [-0.4, -0.2) is 44.1 Å². The molecule has 0 aliphatic carbocycles. The third-order valence-electron chi connectivity index (χ3n) is 3.22. The second kappa shape index (κ2) is 9.22. The zero-order valence-electron chi connectivity index (χ0n) is 14.0. The van der Waals surface area contributed by atoms with Gasteiger partial charge in [-0.05, 0) is 6.08 Å². The predicted molar refractivity (Wildman–Crippen MR) is 90.9 cm³/mol. The quantitative estimate of drug-likeness (QED) is 0.341. The van der Waals surface area contributed by atoms with Crippen LogP contribution < -0.4 is 0 Å². The fourth-order valence-corrected chi connectivity index (χ4v) is 2.58. The van der Waals surface area contributed by atoms with Gasteiger partial charge in [0.15, 0.2) is 10.8 Å². The first kappa shape index (κ1) is 19.1. The highest BCUT2D eigenvalue weighted by Gasteiger charge is 2.20. The van der Waals surface area contributed by atoms with Gasteiger partial charge in [-0.1, -0.05) is 13.0 Å². The summed E-state index contributed by atoms with van der Waals surface area (Å²) in [7, 11) is 4.57. The average Bonchev–Trinajstić information content (AvgIpc) is 3.01. The van der Waals surface area contributed by atoms with Crippen LogP contribution in [0.25, 0.3) is 6.08 Å². The van der Waals surface area contributed by atoms with E-state index in [2.05, 4.69) is 4.98 Å². The van der Waals surface area contributed by atoms with E-state index in [-0.39, 0.29) is 23.7 Å². The lowest BCUT2D eigenvalue weighted by atomic mass is 10.0. The van der Waals surface area contributed by atoms with Crippen molar-refractivity contribution in [1.29, 1.82) is 5.41 Å². The highest BCUT2D eigenvalue weighted by Crippen LogP contribution is 2.20. The van der Waals surface area contributed by atoms with Crippen molar-refractivity contribution in [2.45, 2.75) is 20.0 Å². The summed E-state index contributed by atoms with van der Waals surface area (Å²) in [6.45, 7) is 3.42. The number of ether oxygens (including phenoxy) is 3. The second-order valence-corrected chi connectivity index (χ2v) is 5.66. The zero-order valence-corrected chi connectivity index (χ0v) is 14.8. The Morgan fingerprint density at radius 2 is 2.04 bits per heavy atom. The fraction of sp³-hybridized carbons (Fsp3) is 0.438. The molecule has 0 spiro atoms. The lowest BCUT2D eigenvalue weighted by Gasteiger charge is -2.21. The number of hydrogen-bond donors (Lipinski definition) is 1. The Labute approximate surface area is 140 Å². The summed E-state index contributed by atoms with van der Waals surface area (Å²) < 4.78 is 15.6. The molecule has 1 aromatic rings. The molecule has 0 aliphatic heterocycles. The van der Waals surface area contributed by atoms with Crippen molar-refractivity contribution < 1.29 is 19.0 Å². The number of hydrogen-bond acceptors (Lipinski definition) is 7. The van der Waals surface area contributed by atoms with E-state index in [4.69, 9.17) is 19.6 Å². The Kier molecular flexibility index (Phi) is 7.64. The molecule has 23 heavy (non-hydrogen) atoms. The van der Waals surface area contributed by atoms with E-state index in [0.717, 1.165) is 0 Å². The molecule has 0 saturated carbocycles. The van der Waals surface area contributed by atoms with E-state index in [1.165, 1.54) is 31.4 Å². The molecule has 0 aliphatic rings. The molecule has 7 heteroatoms. The third-order valence-corrected chi connectivity index (χ3v) is 4.18. The van der Waals surface area contributed by atoms with Crippen LogP contribution in [-0.2, 0) is 14.2 Å². The van der Waals surface area contributed by atoms with Crippen LogP contribution in [0.5, 0.6) is 0 Å². The summed E-state index contributed by atoms with van der Waals surface area (Å²) in [5.41, 5.74) is 0.710. The molecule has 1 aromatic heterocycles. The van der Waals surface area contributed by atoms with Crippen molar-refractivity contribution in [3.63, 3.8) is 0 Å². The van der Waals surface area contributed by atoms with E-state index >= 15 is 0 Å². The van der Waals surface area contributed by atoms with Crippen LogP contribution in [0.1, 0.15) is 29.3 Å². The molecule has 1 heterocycles. The van der Waals surface area contributed by atoms with Crippen LogP contribution in [0.2, 0.25) is 0 Å². The SMILES string of the molecule is COC(=N)/C=C(/OC)C(C)C(/C=C/c1csc(C(C)=O)n1)OC. The lowest BCUT2D eigenvalue weighted by Crippen LogP contribution is -2.21. The molecule has 0 amide bonds. The van der Waals surface area contributed by atoms with Gasteiger partial charge in [0.25, 0.3) is 0 Å². The Morgan fingerprint density at radius 1 is 1.35 bits per heavy atom. The smallest absolute Gasteiger partial charge is 0.208 e. The van der Waals surface area contributed by atoms with Gasteiger partial charge >= 0.3 is 0 Å². The molecule has 2 atom stereocenters. The van der Waals surface area contributed by atoms with Crippen LogP contribution >= 0.6 is 11.3 Å². The number of ketones is 1. The van der Waals surface area contributed by atoms with Crippen LogP contribution in [0, 0.1) is 11.3 Å². The highest BCUT2D eigenvalue weighted by molar-refractivity contribution is 7.11. The molecule has 2 unspecified atom stereocenters. The summed E-state index contributed by atoms with van der Waals surface area (Å²) in [6.07, 6.45) is 4.91. The van der Waals surface area contributed by atoms with Gasteiger partial charge in [-0.15, -0.1) is 11.3 Å². The molecular formula is C16H22N2O4S. The minimum atomic E-state index is -0.270. The number of rotatable bonds is 8. The summed E-state index contributed by atoms with van der Waals surface area (Å²) in [4.78, 5) is 15.5. The Balaban J connectivity index is 2.89. The Hall–Kier alpha value is -1.99. The Bertz CT molecular complexity index is 607. The molecule has 0 aromatic carbocycles. The molecule has 0 bridgehead atoms. The van der Waals surface area contributed by atoms with Gasteiger partial charge in [-0.25, -0.2) is 4.98 Å². The number of carbonyl (C=O) groups excluding carboxylic acids is 1. The molecule has 1 N–H and O–H groups in total. The first-order valence-electron chi connectivity index (χ1n) is 6.98. The van der Waals surface area contributed by atoms with Crippen molar-refractivity contribution in [2.75, 3.05) is 21.3 Å². The van der Waals surface area contributed by atoms with Gasteiger partial charge in [0.2, 0.25) is 5.90 Å². The maximum Gasteiger partial charge on any atom is 0.208 e. The second-order valence-electron chi connectivity index (χ2n) is 4.80. The largest absolute Gasteiger partial charge is 0.501 e. The van der Waals surface area contributed by atoms with Crippen LogP contribution in [0.4, 0.5) is 0 Å². The maximum atomic E-state index is 11.3. The van der Waals surface area contributed by atoms with E-state index < -0.39 is 0 Å². The number of Topliss-reactive ketones (excluding diaryl/α,β-unsaturated/α-hetero) is 1. The van der Waals surface area contributed by atoms with Crippen LogP contribution in [0.3, 0.4) is 0 Å². The fourth-order valence-electron chi connectivity index (χ4n) is 1.89. The highest BCUT2D eigenvalue weighted by atomic mass is 32.1. The Morgan fingerprint density at radius 3 is 2.52 bits per heavy atom. The summed E-state index contributed by atoms with van der Waals surface area (Å²) in [5.74, 6) is 0.422. The third kappa shape index (κ3) is 5.61. The standard InChI is InChI=1S/C16H22N2O4S/c1-10(14(21-4)8-15(17)22-5)13(20-3)7-6-12-9-23-16(18-12)11(2)19/h6-10,13,17H,1-5H3/b7-6+,14-8+,17-15?. The normalized spacial score (nSPS) is 14.6. The number of methoxy groups -OCH3 is 3. The van der Waals surface area contributed by atoms with E-state index in [0.29, 0.717) is 16.5 Å². The predicted octanol–water partition coefficient (Wildman–Crippen LogP) is 3.16. The molecule has 0 radical (unpaired) electrons. The summed E-state index contributed by atoms with van der Waals surface area (Å²) in [6, 6.07) is 0. The molecule has 0 saturated heterocycles. The molecule has 126 valence electrons. The monoisotopic (exact) mass is 338 g/mol. The molecule has 6 nitrogen and oxygen atoms in total. The first-order valence-corrected chi connectivity index (χ1v) is 7.86. The van der Waals surface area contributed by atoms with Crippen LogP contribution in [0.15, 0.2) is 23.3 Å². The minimum Gasteiger partial charge on any atom is -0.501 e. The van der Waals surface area contributed by atoms with Gasteiger partial charge in [0.05, 0.1) is 26.0 Å². The first-order chi connectivity index (χ1) is 10.9. The van der Waals surface area contributed by atoms with E-state index in [1.54, 1.807) is 14.2 Å². The van der Waals surface area contributed by atoms with Gasteiger partial charge < -0.3 is 14.2 Å². The molecule has 0 fully saturated rings. The van der Waals surface area contributed by atoms with Crippen molar-refractivity contribution in [2.24, 2.45) is 5.92 Å². The topological polar surface area (TPSA) is 81.5 Å². The zero-order chi connectivity index (χ0) is 17.4. The lowest BCUT2D eigenvalue weighted by molar-refractivity contribution is 0.0848. The maximum absolute atomic E-state index is 11.3. The summed E-state index contributed by atoms with van der Waals surface area (Å²) >= 11 is 1.31. The van der Waals surface area contributed by atoms with Crippen molar-refractivity contribution in [3.8, 4) is 0 Å². The van der Waals surface area contributed by atoms with E-state index in [1.807, 2.05) is 24.5 Å². The number of carbonyl (C=O) groups is 1. The van der Waals surface area contributed by atoms with Crippen molar-refractivity contribution >= 4 is 29.1 Å². The minimum absolute atomic E-state index is 0.0122.